The number of carbonyl (C=O) groups is 1. The Morgan fingerprint density at radius 1 is 1.23 bits per heavy atom. The van der Waals surface area contributed by atoms with Gasteiger partial charge in [0.25, 0.3) is 5.91 Å². The third-order valence-electron chi connectivity index (χ3n) is 3.45. The maximum Gasteiger partial charge on any atom is 0.273 e. The lowest BCUT2D eigenvalue weighted by molar-refractivity contribution is -0.115. The molecule has 0 atom stereocenters. The van der Waals surface area contributed by atoms with E-state index in [9.17, 15) is 4.79 Å². The quantitative estimate of drug-likeness (QED) is 0.622. The summed E-state index contributed by atoms with van der Waals surface area (Å²) >= 11 is 4.94. The average Bonchev–Trinajstić information content (AvgIpc) is 2.81. The van der Waals surface area contributed by atoms with Crippen molar-refractivity contribution in [3.8, 4) is 5.75 Å². The van der Waals surface area contributed by atoms with Gasteiger partial charge in [-0.1, -0.05) is 0 Å². The number of rotatable bonds is 6. The lowest BCUT2D eigenvalue weighted by Gasteiger charge is -2.22. The fourth-order valence-corrected chi connectivity index (χ4v) is 2.55. The van der Waals surface area contributed by atoms with E-state index in [1.807, 2.05) is 25.1 Å². The zero-order valence-electron chi connectivity index (χ0n) is 13.1. The molecular weight excluding hydrogens is 298 g/mol. The SMILES string of the molecule is CCOc1cc(N(CC)CC)ccc1C=C1NC(=S)NC1=O. The van der Waals surface area contributed by atoms with Gasteiger partial charge in [-0.3, -0.25) is 10.1 Å². The standard InChI is InChI=1S/C16H21N3O2S/c1-4-19(5-2)12-8-7-11(14(10-12)21-6-3)9-13-15(20)18-16(22)17-13/h7-10H,4-6H2,1-3H3,(H2,17,18,20,22). The van der Waals surface area contributed by atoms with Gasteiger partial charge in [0, 0.05) is 30.4 Å². The molecule has 1 aliphatic heterocycles. The molecule has 0 radical (unpaired) electrons. The van der Waals surface area contributed by atoms with Crippen LogP contribution in [0.25, 0.3) is 6.08 Å². The van der Waals surface area contributed by atoms with E-state index in [1.165, 1.54) is 0 Å². The molecule has 1 saturated heterocycles. The van der Waals surface area contributed by atoms with E-state index >= 15 is 0 Å². The molecule has 22 heavy (non-hydrogen) atoms. The molecule has 0 spiro atoms. The molecule has 0 unspecified atom stereocenters. The zero-order valence-corrected chi connectivity index (χ0v) is 13.9. The molecule has 0 aromatic heterocycles. The van der Waals surface area contributed by atoms with E-state index < -0.39 is 0 Å². The minimum atomic E-state index is -0.222. The van der Waals surface area contributed by atoms with Crippen LogP contribution in [-0.2, 0) is 4.79 Å². The zero-order chi connectivity index (χ0) is 16.1. The largest absolute Gasteiger partial charge is 0.493 e. The van der Waals surface area contributed by atoms with Crippen molar-refractivity contribution < 1.29 is 9.53 Å². The fourth-order valence-electron chi connectivity index (χ4n) is 2.35. The predicted octanol–water partition coefficient (Wildman–Crippen LogP) is 2.28. The van der Waals surface area contributed by atoms with Crippen molar-refractivity contribution >= 4 is 35.0 Å². The molecule has 1 aliphatic rings. The molecule has 0 aliphatic carbocycles. The molecule has 0 saturated carbocycles. The van der Waals surface area contributed by atoms with Gasteiger partial charge in [-0.05, 0) is 51.2 Å². The van der Waals surface area contributed by atoms with Gasteiger partial charge in [-0.25, -0.2) is 0 Å². The first-order chi connectivity index (χ1) is 10.6. The third kappa shape index (κ3) is 3.57. The number of anilines is 1. The number of hydrogen-bond donors (Lipinski definition) is 2. The topological polar surface area (TPSA) is 53.6 Å². The highest BCUT2D eigenvalue weighted by atomic mass is 32.1. The van der Waals surface area contributed by atoms with Crippen molar-refractivity contribution in [3.05, 3.63) is 29.5 Å². The second-order valence-electron chi connectivity index (χ2n) is 4.79. The lowest BCUT2D eigenvalue weighted by Crippen LogP contribution is -2.21. The van der Waals surface area contributed by atoms with Crippen LogP contribution < -0.4 is 20.3 Å². The van der Waals surface area contributed by atoms with E-state index in [0.29, 0.717) is 17.4 Å². The first-order valence-electron chi connectivity index (χ1n) is 7.44. The minimum Gasteiger partial charge on any atom is -0.493 e. The highest BCUT2D eigenvalue weighted by Gasteiger charge is 2.20. The Hall–Kier alpha value is -2.08. The van der Waals surface area contributed by atoms with Gasteiger partial charge in [0.1, 0.15) is 11.4 Å². The van der Waals surface area contributed by atoms with Gasteiger partial charge in [0.05, 0.1) is 6.61 Å². The first kappa shape index (κ1) is 16.3. The van der Waals surface area contributed by atoms with E-state index in [4.69, 9.17) is 17.0 Å². The number of nitrogens with zero attached hydrogens (tertiary/aromatic N) is 1. The van der Waals surface area contributed by atoms with Crippen molar-refractivity contribution in [2.75, 3.05) is 24.6 Å². The molecule has 118 valence electrons. The summed E-state index contributed by atoms with van der Waals surface area (Å²) in [6, 6.07) is 6.00. The van der Waals surface area contributed by atoms with Crippen molar-refractivity contribution in [3.63, 3.8) is 0 Å². The van der Waals surface area contributed by atoms with Crippen LogP contribution in [0.5, 0.6) is 5.75 Å². The molecule has 1 fully saturated rings. The normalized spacial score (nSPS) is 15.7. The molecule has 2 N–H and O–H groups in total. The number of thiocarbonyl (C=S) groups is 1. The number of ether oxygens (including phenoxy) is 1. The molecule has 5 nitrogen and oxygen atoms in total. The van der Waals surface area contributed by atoms with Crippen molar-refractivity contribution in [1.82, 2.24) is 10.6 Å². The van der Waals surface area contributed by atoms with E-state index in [1.54, 1.807) is 6.08 Å². The molecule has 0 bridgehead atoms. The smallest absolute Gasteiger partial charge is 0.273 e. The molecule has 1 amide bonds. The van der Waals surface area contributed by atoms with Crippen LogP contribution in [0.3, 0.4) is 0 Å². The number of benzene rings is 1. The number of hydrogen-bond acceptors (Lipinski definition) is 4. The molecule has 1 aromatic rings. The second kappa shape index (κ2) is 7.26. The first-order valence-corrected chi connectivity index (χ1v) is 7.85. The summed E-state index contributed by atoms with van der Waals surface area (Å²) in [7, 11) is 0. The van der Waals surface area contributed by atoms with Gasteiger partial charge in [-0.15, -0.1) is 0 Å². The minimum absolute atomic E-state index is 0.222. The maximum atomic E-state index is 11.7. The molecule has 6 heteroatoms. The van der Waals surface area contributed by atoms with Gasteiger partial charge in [0.2, 0.25) is 0 Å². The van der Waals surface area contributed by atoms with Crippen molar-refractivity contribution in [2.45, 2.75) is 20.8 Å². The Morgan fingerprint density at radius 3 is 2.50 bits per heavy atom. The van der Waals surface area contributed by atoms with Crippen LogP contribution in [0, 0.1) is 0 Å². The van der Waals surface area contributed by atoms with Crippen molar-refractivity contribution in [2.24, 2.45) is 0 Å². The Bertz CT molecular complexity index is 609. The Labute approximate surface area is 136 Å². The summed E-state index contributed by atoms with van der Waals surface area (Å²) in [5, 5.41) is 5.73. The van der Waals surface area contributed by atoms with Gasteiger partial charge in [0.15, 0.2) is 5.11 Å². The summed E-state index contributed by atoms with van der Waals surface area (Å²) in [4.78, 5) is 14.0. The highest BCUT2D eigenvalue weighted by Crippen LogP contribution is 2.28. The third-order valence-corrected chi connectivity index (χ3v) is 3.65. The highest BCUT2D eigenvalue weighted by molar-refractivity contribution is 7.80. The van der Waals surface area contributed by atoms with Crippen molar-refractivity contribution in [1.29, 1.82) is 0 Å². The van der Waals surface area contributed by atoms with Gasteiger partial charge in [-0.2, -0.15) is 0 Å². The summed E-state index contributed by atoms with van der Waals surface area (Å²) in [5.41, 5.74) is 2.39. The van der Waals surface area contributed by atoms with Crippen LogP contribution >= 0.6 is 12.2 Å². The Morgan fingerprint density at radius 2 is 1.95 bits per heavy atom. The van der Waals surface area contributed by atoms with E-state index in [2.05, 4.69) is 29.4 Å². The van der Waals surface area contributed by atoms with E-state index in [0.717, 1.165) is 30.1 Å². The van der Waals surface area contributed by atoms with Gasteiger partial charge < -0.3 is 15.0 Å². The van der Waals surface area contributed by atoms with Gasteiger partial charge >= 0.3 is 0 Å². The molecule has 2 rings (SSSR count). The molecular formula is C16H21N3O2S. The summed E-state index contributed by atoms with van der Waals surface area (Å²) < 4.78 is 5.73. The van der Waals surface area contributed by atoms with Crippen LogP contribution in [-0.4, -0.2) is 30.7 Å². The number of amides is 1. The van der Waals surface area contributed by atoms with Crippen LogP contribution in [0.1, 0.15) is 26.3 Å². The summed E-state index contributed by atoms with van der Waals surface area (Å²) in [6.07, 6.45) is 1.76. The summed E-state index contributed by atoms with van der Waals surface area (Å²) in [5.74, 6) is 0.534. The summed E-state index contributed by atoms with van der Waals surface area (Å²) in [6.45, 7) is 8.61. The molecule has 1 heterocycles. The number of carbonyl (C=O) groups excluding carboxylic acids is 1. The van der Waals surface area contributed by atoms with Crippen LogP contribution in [0.4, 0.5) is 5.69 Å². The van der Waals surface area contributed by atoms with Crippen LogP contribution in [0.15, 0.2) is 23.9 Å². The molecule has 1 aromatic carbocycles. The monoisotopic (exact) mass is 319 g/mol. The predicted molar refractivity (Wildman–Crippen MR) is 93.0 cm³/mol. The van der Waals surface area contributed by atoms with E-state index in [-0.39, 0.29) is 5.91 Å². The lowest BCUT2D eigenvalue weighted by atomic mass is 10.1. The van der Waals surface area contributed by atoms with Crippen LogP contribution in [0.2, 0.25) is 0 Å². The Kier molecular flexibility index (Phi) is 5.38. The fraction of sp³-hybridized carbons (Fsp3) is 0.375. The number of nitrogens with one attached hydrogen (secondary N) is 2. The maximum absolute atomic E-state index is 11.7. The Balaban J connectivity index is 2.37. The second-order valence-corrected chi connectivity index (χ2v) is 5.20. The average molecular weight is 319 g/mol.